The Balaban J connectivity index is 1.57. The molecule has 1 saturated heterocycles. The third-order valence-corrected chi connectivity index (χ3v) is 4.12. The predicted molar refractivity (Wildman–Crippen MR) is 72.2 cm³/mol. The van der Waals surface area contributed by atoms with Crippen molar-refractivity contribution in [2.45, 2.75) is 6.42 Å². The average molecular weight is 305 g/mol. The second kappa shape index (κ2) is 6.54. The Labute approximate surface area is 109 Å². The minimum Gasteiger partial charge on any atom is -0.361 e. The first-order valence-corrected chi connectivity index (χ1v) is 7.30. The average Bonchev–Trinajstić information content (AvgIpc) is 2.72. The van der Waals surface area contributed by atoms with Crippen LogP contribution in [0, 0.1) is 0 Å². The van der Waals surface area contributed by atoms with Gasteiger partial charge in [0.15, 0.2) is 5.13 Å². The van der Waals surface area contributed by atoms with E-state index in [0.29, 0.717) is 0 Å². The summed E-state index contributed by atoms with van der Waals surface area (Å²) in [4.78, 5) is 6.81. The van der Waals surface area contributed by atoms with Crippen LogP contribution in [-0.4, -0.2) is 49.2 Å². The van der Waals surface area contributed by atoms with Gasteiger partial charge in [0.25, 0.3) is 0 Å². The van der Waals surface area contributed by atoms with Crippen molar-refractivity contribution in [3.8, 4) is 0 Å². The van der Waals surface area contributed by atoms with Gasteiger partial charge in [0.1, 0.15) is 4.60 Å². The highest BCUT2D eigenvalue weighted by molar-refractivity contribution is 9.10. The molecule has 1 fully saturated rings. The van der Waals surface area contributed by atoms with Crippen molar-refractivity contribution in [1.29, 1.82) is 0 Å². The quantitative estimate of drug-likeness (QED) is 0.811. The molecule has 0 aliphatic carbocycles. The Hall–Kier alpha value is -0.170. The van der Waals surface area contributed by atoms with Gasteiger partial charge in [0.05, 0.1) is 0 Å². The van der Waals surface area contributed by atoms with E-state index in [1.165, 1.54) is 26.1 Å². The van der Waals surface area contributed by atoms with Crippen LogP contribution in [0.3, 0.4) is 0 Å². The van der Waals surface area contributed by atoms with Crippen molar-refractivity contribution in [2.75, 3.05) is 44.6 Å². The molecule has 1 aliphatic heterocycles. The zero-order valence-corrected chi connectivity index (χ0v) is 11.6. The van der Waals surface area contributed by atoms with Gasteiger partial charge < -0.3 is 15.5 Å². The van der Waals surface area contributed by atoms with Gasteiger partial charge in [-0.1, -0.05) is 0 Å². The second-order valence-corrected chi connectivity index (χ2v) is 5.52. The van der Waals surface area contributed by atoms with Crippen LogP contribution in [0.4, 0.5) is 5.13 Å². The lowest BCUT2D eigenvalue weighted by atomic mass is 10.3. The molecule has 6 heteroatoms. The lowest BCUT2D eigenvalue weighted by Crippen LogP contribution is -2.44. The van der Waals surface area contributed by atoms with Gasteiger partial charge in [0.2, 0.25) is 0 Å². The second-order valence-electron chi connectivity index (χ2n) is 3.85. The molecular formula is C10H17BrN4S. The lowest BCUT2D eigenvalue weighted by molar-refractivity contribution is 0.240. The Morgan fingerprint density at radius 3 is 3.00 bits per heavy atom. The van der Waals surface area contributed by atoms with Gasteiger partial charge in [-0.2, -0.15) is 0 Å². The first kappa shape index (κ1) is 12.3. The fourth-order valence-corrected chi connectivity index (χ4v) is 2.94. The van der Waals surface area contributed by atoms with Crippen molar-refractivity contribution < 1.29 is 0 Å². The van der Waals surface area contributed by atoms with Crippen LogP contribution in [0.25, 0.3) is 0 Å². The third-order valence-electron chi connectivity index (χ3n) is 2.61. The molecule has 0 aromatic carbocycles. The molecule has 0 saturated carbocycles. The smallest absolute Gasteiger partial charge is 0.183 e. The zero-order valence-electron chi connectivity index (χ0n) is 9.21. The van der Waals surface area contributed by atoms with E-state index < -0.39 is 0 Å². The number of piperazine rings is 1. The van der Waals surface area contributed by atoms with Crippen LogP contribution in [0.5, 0.6) is 0 Å². The molecule has 0 bridgehead atoms. The van der Waals surface area contributed by atoms with Crippen molar-refractivity contribution in [1.82, 2.24) is 15.2 Å². The molecule has 2 rings (SSSR count). The summed E-state index contributed by atoms with van der Waals surface area (Å²) in [6, 6.07) is 0. The maximum atomic E-state index is 4.30. The fraction of sp³-hybridized carbons (Fsp3) is 0.700. The van der Waals surface area contributed by atoms with Gasteiger partial charge in [-0.3, -0.25) is 0 Å². The number of nitrogens with zero attached hydrogens (tertiary/aromatic N) is 2. The van der Waals surface area contributed by atoms with E-state index in [0.717, 1.165) is 29.4 Å². The summed E-state index contributed by atoms with van der Waals surface area (Å²) >= 11 is 4.99. The molecule has 16 heavy (non-hydrogen) atoms. The third kappa shape index (κ3) is 4.01. The standard InChI is InChI=1S/C10H17BrN4S/c11-9-8-16-10(14-9)13-2-1-5-15-6-3-12-4-7-15/h8,12H,1-7H2,(H,13,14). The normalized spacial score (nSPS) is 17.6. The van der Waals surface area contributed by atoms with Crippen LogP contribution in [0.15, 0.2) is 9.98 Å². The maximum Gasteiger partial charge on any atom is 0.183 e. The minimum atomic E-state index is 0.919. The summed E-state index contributed by atoms with van der Waals surface area (Å²) in [5, 5.41) is 9.71. The molecule has 0 atom stereocenters. The molecule has 1 aromatic heterocycles. The van der Waals surface area contributed by atoms with E-state index in [1.54, 1.807) is 11.3 Å². The van der Waals surface area contributed by atoms with Gasteiger partial charge >= 0.3 is 0 Å². The number of hydrogen-bond donors (Lipinski definition) is 2. The lowest BCUT2D eigenvalue weighted by Gasteiger charge is -2.26. The fourth-order valence-electron chi connectivity index (χ4n) is 1.77. The summed E-state index contributed by atoms with van der Waals surface area (Å²) in [7, 11) is 0. The first-order chi connectivity index (χ1) is 7.84. The molecule has 90 valence electrons. The predicted octanol–water partition coefficient (Wildman–Crippen LogP) is 1.61. The summed E-state index contributed by atoms with van der Waals surface area (Å²) < 4.78 is 0.919. The van der Waals surface area contributed by atoms with E-state index in [1.807, 2.05) is 5.38 Å². The molecule has 4 nitrogen and oxygen atoms in total. The molecule has 0 spiro atoms. The Morgan fingerprint density at radius 2 is 2.31 bits per heavy atom. The van der Waals surface area contributed by atoms with Crippen LogP contribution >= 0.6 is 27.3 Å². The number of rotatable bonds is 5. The number of aromatic nitrogens is 1. The van der Waals surface area contributed by atoms with E-state index >= 15 is 0 Å². The highest BCUT2D eigenvalue weighted by Gasteiger charge is 2.08. The Bertz CT molecular complexity index is 312. The number of thiazole rings is 1. The van der Waals surface area contributed by atoms with Crippen LogP contribution < -0.4 is 10.6 Å². The molecule has 2 heterocycles. The van der Waals surface area contributed by atoms with E-state index in [9.17, 15) is 0 Å². The summed E-state index contributed by atoms with van der Waals surface area (Å²) in [6.45, 7) is 6.82. The number of anilines is 1. The van der Waals surface area contributed by atoms with Gasteiger partial charge in [-0.05, 0) is 28.9 Å². The molecule has 0 amide bonds. The van der Waals surface area contributed by atoms with E-state index in [2.05, 4.69) is 36.4 Å². The van der Waals surface area contributed by atoms with Gasteiger partial charge in [-0.25, -0.2) is 4.98 Å². The molecule has 0 unspecified atom stereocenters. The van der Waals surface area contributed by atoms with Gasteiger partial charge in [0, 0.05) is 38.1 Å². The maximum absolute atomic E-state index is 4.30. The molecule has 2 N–H and O–H groups in total. The van der Waals surface area contributed by atoms with Crippen molar-refractivity contribution in [3.05, 3.63) is 9.98 Å². The van der Waals surface area contributed by atoms with Crippen molar-refractivity contribution in [2.24, 2.45) is 0 Å². The molecule has 1 aromatic rings. The van der Waals surface area contributed by atoms with E-state index in [4.69, 9.17) is 0 Å². The molecular weight excluding hydrogens is 288 g/mol. The van der Waals surface area contributed by atoms with Crippen LogP contribution in [0.1, 0.15) is 6.42 Å². The summed E-state index contributed by atoms with van der Waals surface area (Å²) in [5.74, 6) is 0. The van der Waals surface area contributed by atoms with Crippen LogP contribution in [0.2, 0.25) is 0 Å². The number of hydrogen-bond acceptors (Lipinski definition) is 5. The molecule has 0 radical (unpaired) electrons. The highest BCUT2D eigenvalue weighted by atomic mass is 79.9. The SMILES string of the molecule is Brc1csc(NCCCN2CCNCC2)n1. The molecule has 1 aliphatic rings. The van der Waals surface area contributed by atoms with E-state index in [-0.39, 0.29) is 0 Å². The van der Waals surface area contributed by atoms with Crippen LogP contribution in [-0.2, 0) is 0 Å². The first-order valence-electron chi connectivity index (χ1n) is 5.62. The highest BCUT2D eigenvalue weighted by Crippen LogP contribution is 2.19. The Kier molecular flexibility index (Phi) is 5.02. The minimum absolute atomic E-state index is 0.919. The van der Waals surface area contributed by atoms with Gasteiger partial charge in [-0.15, -0.1) is 11.3 Å². The van der Waals surface area contributed by atoms with Crippen molar-refractivity contribution >= 4 is 32.4 Å². The number of nitrogens with one attached hydrogen (secondary N) is 2. The van der Waals surface area contributed by atoms with Crippen molar-refractivity contribution in [3.63, 3.8) is 0 Å². The monoisotopic (exact) mass is 304 g/mol. The summed E-state index contributed by atoms with van der Waals surface area (Å²) in [6.07, 6.45) is 1.18. The number of halogens is 1. The zero-order chi connectivity index (χ0) is 11.2. The largest absolute Gasteiger partial charge is 0.361 e. The topological polar surface area (TPSA) is 40.2 Å². The summed E-state index contributed by atoms with van der Waals surface area (Å²) in [5.41, 5.74) is 0. The Morgan fingerprint density at radius 1 is 1.50 bits per heavy atom.